The minimum Gasteiger partial charge on any atom is -0.487 e. The van der Waals surface area contributed by atoms with Crippen LogP contribution in [0.1, 0.15) is 36.8 Å². The molecule has 0 heterocycles. The van der Waals surface area contributed by atoms with Crippen molar-refractivity contribution in [2.24, 2.45) is 0 Å². The van der Waals surface area contributed by atoms with E-state index >= 15 is 0 Å². The second-order valence-electron chi connectivity index (χ2n) is 4.67. The summed E-state index contributed by atoms with van der Waals surface area (Å²) in [7, 11) is 0. The number of benzene rings is 1. The smallest absolute Gasteiger partial charge is 0.311 e. The molecule has 1 rings (SSSR count). The molecule has 0 saturated heterocycles. The van der Waals surface area contributed by atoms with Gasteiger partial charge in [-0.05, 0) is 43.6 Å². The fraction of sp³-hybridized carbons (Fsp3) is 0.571. The van der Waals surface area contributed by atoms with Crippen molar-refractivity contribution in [2.45, 2.75) is 39.5 Å². The molecular formula is C14H21NO3S. The Morgan fingerprint density at radius 3 is 2.53 bits per heavy atom. The van der Waals surface area contributed by atoms with Crippen LogP contribution in [-0.4, -0.2) is 17.3 Å². The van der Waals surface area contributed by atoms with Gasteiger partial charge in [-0.3, -0.25) is 10.1 Å². The van der Waals surface area contributed by atoms with Crippen molar-refractivity contribution < 1.29 is 9.66 Å². The molecule has 0 unspecified atom stereocenters. The summed E-state index contributed by atoms with van der Waals surface area (Å²) in [5, 5.41) is 11.0. The van der Waals surface area contributed by atoms with Gasteiger partial charge in [-0.1, -0.05) is 18.9 Å². The van der Waals surface area contributed by atoms with Crippen molar-refractivity contribution in [2.75, 3.05) is 12.4 Å². The number of thiol groups is 1. The predicted octanol–water partition coefficient (Wildman–Crippen LogP) is 4.08. The minimum absolute atomic E-state index is 0.0628. The second-order valence-corrected chi connectivity index (χ2v) is 5.12. The number of nitro groups is 1. The Balaban J connectivity index is 2.59. The van der Waals surface area contributed by atoms with E-state index in [1.54, 1.807) is 6.07 Å². The fourth-order valence-corrected chi connectivity index (χ4v) is 2.22. The second kappa shape index (κ2) is 8.04. The summed E-state index contributed by atoms with van der Waals surface area (Å²) in [5.74, 6) is 1.31. The number of ether oxygens (including phenoxy) is 1. The van der Waals surface area contributed by atoms with Crippen LogP contribution in [-0.2, 0) is 0 Å². The summed E-state index contributed by atoms with van der Waals surface area (Å²) in [6.07, 6.45) is 4.21. The average Bonchev–Trinajstić information content (AvgIpc) is 2.34. The summed E-state index contributed by atoms with van der Waals surface area (Å²) in [5.41, 5.74) is 1.76. The van der Waals surface area contributed by atoms with Crippen LogP contribution in [0, 0.1) is 24.0 Å². The van der Waals surface area contributed by atoms with Gasteiger partial charge < -0.3 is 4.74 Å². The SMILES string of the molecule is Cc1cc(C)c(OCCCCCCS)c([N+](=O)[O-])c1. The molecule has 0 aliphatic carbocycles. The molecule has 0 spiro atoms. The van der Waals surface area contributed by atoms with Crippen molar-refractivity contribution in [3.63, 3.8) is 0 Å². The molecule has 0 aliphatic heterocycles. The lowest BCUT2D eigenvalue weighted by molar-refractivity contribution is -0.386. The molecular weight excluding hydrogens is 262 g/mol. The molecule has 0 radical (unpaired) electrons. The lowest BCUT2D eigenvalue weighted by Gasteiger charge is -2.10. The number of aryl methyl sites for hydroxylation is 2. The first-order valence-electron chi connectivity index (χ1n) is 6.55. The average molecular weight is 283 g/mol. The van der Waals surface area contributed by atoms with Crippen molar-refractivity contribution in [3.8, 4) is 5.75 Å². The molecule has 0 aromatic heterocycles. The van der Waals surface area contributed by atoms with Gasteiger partial charge in [0.25, 0.3) is 0 Å². The van der Waals surface area contributed by atoms with E-state index in [1.807, 2.05) is 19.9 Å². The van der Waals surface area contributed by atoms with Crippen LogP contribution in [0.5, 0.6) is 5.75 Å². The highest BCUT2D eigenvalue weighted by molar-refractivity contribution is 7.80. The van der Waals surface area contributed by atoms with Gasteiger partial charge in [-0.15, -0.1) is 0 Å². The van der Waals surface area contributed by atoms with Crippen LogP contribution in [0.25, 0.3) is 0 Å². The van der Waals surface area contributed by atoms with Crippen LogP contribution in [0.4, 0.5) is 5.69 Å². The third-order valence-electron chi connectivity index (χ3n) is 2.89. The standard InChI is InChI=1S/C14H21NO3S/c1-11-9-12(2)14(13(10-11)15(16)17)18-7-5-3-4-6-8-19/h9-10,19H,3-8H2,1-2H3. The molecule has 0 N–H and O–H groups in total. The summed E-state index contributed by atoms with van der Waals surface area (Å²) in [6, 6.07) is 3.46. The summed E-state index contributed by atoms with van der Waals surface area (Å²) < 4.78 is 5.60. The third-order valence-corrected chi connectivity index (χ3v) is 3.21. The fourth-order valence-electron chi connectivity index (χ4n) is 2.00. The van der Waals surface area contributed by atoms with Gasteiger partial charge in [0.05, 0.1) is 11.5 Å². The van der Waals surface area contributed by atoms with Crippen molar-refractivity contribution in [1.82, 2.24) is 0 Å². The van der Waals surface area contributed by atoms with E-state index in [4.69, 9.17) is 4.74 Å². The van der Waals surface area contributed by atoms with Crippen molar-refractivity contribution >= 4 is 18.3 Å². The zero-order chi connectivity index (χ0) is 14.3. The molecule has 5 heteroatoms. The van der Waals surface area contributed by atoms with Gasteiger partial charge in [-0.2, -0.15) is 12.6 Å². The Kier molecular flexibility index (Phi) is 6.70. The first-order chi connectivity index (χ1) is 9.06. The number of rotatable bonds is 8. The zero-order valence-electron chi connectivity index (χ0n) is 11.5. The Bertz CT molecular complexity index is 435. The maximum atomic E-state index is 11.0. The summed E-state index contributed by atoms with van der Waals surface area (Å²) in [4.78, 5) is 10.6. The minimum atomic E-state index is -0.379. The molecule has 19 heavy (non-hydrogen) atoms. The van der Waals surface area contributed by atoms with Gasteiger partial charge in [0.2, 0.25) is 0 Å². The van der Waals surface area contributed by atoms with E-state index in [2.05, 4.69) is 12.6 Å². The van der Waals surface area contributed by atoms with E-state index in [0.717, 1.165) is 42.6 Å². The van der Waals surface area contributed by atoms with Crippen molar-refractivity contribution in [1.29, 1.82) is 0 Å². The molecule has 4 nitrogen and oxygen atoms in total. The normalized spacial score (nSPS) is 10.5. The van der Waals surface area contributed by atoms with Gasteiger partial charge in [0.1, 0.15) is 0 Å². The van der Waals surface area contributed by atoms with E-state index in [-0.39, 0.29) is 10.6 Å². The maximum Gasteiger partial charge on any atom is 0.311 e. The molecule has 0 amide bonds. The van der Waals surface area contributed by atoms with Crippen LogP contribution in [0.15, 0.2) is 12.1 Å². The van der Waals surface area contributed by atoms with Crippen LogP contribution in [0.2, 0.25) is 0 Å². The first kappa shape index (κ1) is 15.8. The van der Waals surface area contributed by atoms with Gasteiger partial charge in [0, 0.05) is 6.07 Å². The highest BCUT2D eigenvalue weighted by atomic mass is 32.1. The summed E-state index contributed by atoms with van der Waals surface area (Å²) in [6.45, 7) is 4.22. The van der Waals surface area contributed by atoms with Gasteiger partial charge in [-0.25, -0.2) is 0 Å². The first-order valence-corrected chi connectivity index (χ1v) is 7.18. The van der Waals surface area contributed by atoms with E-state index in [1.165, 1.54) is 0 Å². The Hall–Kier alpha value is -1.23. The number of hydrogen-bond donors (Lipinski definition) is 1. The Morgan fingerprint density at radius 2 is 1.89 bits per heavy atom. The lowest BCUT2D eigenvalue weighted by Crippen LogP contribution is -2.03. The van der Waals surface area contributed by atoms with Crippen molar-refractivity contribution in [3.05, 3.63) is 33.4 Å². The van der Waals surface area contributed by atoms with E-state index < -0.39 is 0 Å². The summed E-state index contributed by atoms with van der Waals surface area (Å²) >= 11 is 4.16. The molecule has 106 valence electrons. The van der Waals surface area contributed by atoms with Crippen LogP contribution >= 0.6 is 12.6 Å². The topological polar surface area (TPSA) is 52.4 Å². The third kappa shape index (κ3) is 5.11. The number of nitrogens with zero attached hydrogens (tertiary/aromatic N) is 1. The number of hydrogen-bond acceptors (Lipinski definition) is 4. The van der Waals surface area contributed by atoms with Gasteiger partial charge >= 0.3 is 5.69 Å². The highest BCUT2D eigenvalue weighted by Gasteiger charge is 2.18. The maximum absolute atomic E-state index is 11.0. The van der Waals surface area contributed by atoms with E-state index in [0.29, 0.717) is 12.4 Å². The highest BCUT2D eigenvalue weighted by Crippen LogP contribution is 2.32. The zero-order valence-corrected chi connectivity index (χ0v) is 12.4. The molecule has 0 saturated carbocycles. The Labute approximate surface area is 119 Å². The quantitative estimate of drug-likeness (QED) is 0.338. The number of nitro benzene ring substituents is 1. The van der Waals surface area contributed by atoms with Gasteiger partial charge in [0.15, 0.2) is 5.75 Å². The lowest BCUT2D eigenvalue weighted by atomic mass is 10.1. The Morgan fingerprint density at radius 1 is 1.21 bits per heavy atom. The molecule has 1 aromatic carbocycles. The number of unbranched alkanes of at least 4 members (excludes halogenated alkanes) is 3. The van der Waals surface area contributed by atoms with E-state index in [9.17, 15) is 10.1 Å². The predicted molar refractivity (Wildman–Crippen MR) is 80.4 cm³/mol. The molecule has 0 atom stereocenters. The molecule has 1 aromatic rings. The monoisotopic (exact) mass is 283 g/mol. The molecule has 0 aliphatic rings. The molecule has 0 fully saturated rings. The van der Waals surface area contributed by atoms with Crippen LogP contribution in [0.3, 0.4) is 0 Å². The molecule has 0 bridgehead atoms. The largest absolute Gasteiger partial charge is 0.487 e. The van der Waals surface area contributed by atoms with Crippen LogP contribution < -0.4 is 4.74 Å².